The van der Waals surface area contributed by atoms with Crippen molar-refractivity contribution in [3.63, 3.8) is 0 Å². The molecule has 3 aliphatic rings. The summed E-state index contributed by atoms with van der Waals surface area (Å²) in [5.41, 5.74) is 0. The highest BCUT2D eigenvalue weighted by Crippen LogP contribution is 2.29. The maximum Gasteiger partial charge on any atom is 0.335 e. The molecule has 3 rings (SSSR count). The van der Waals surface area contributed by atoms with E-state index in [1.54, 1.807) is 0 Å². The van der Waals surface area contributed by atoms with Gasteiger partial charge < -0.3 is 69.6 Å². The number of hydrogen-bond donors (Lipinski definition) is 9. The van der Waals surface area contributed by atoms with Crippen molar-refractivity contribution in [3.8, 4) is 0 Å². The molecule has 9 N–H and O–H groups in total. The molecule has 15 heteroatoms. The van der Waals surface area contributed by atoms with E-state index in [1.165, 1.54) is 6.92 Å². The molecule has 186 valence electrons. The summed E-state index contributed by atoms with van der Waals surface area (Å²) in [6.45, 7) is 0.958. The third-order valence-electron chi connectivity index (χ3n) is 5.65. The van der Waals surface area contributed by atoms with Crippen LogP contribution in [0.15, 0.2) is 0 Å². The van der Waals surface area contributed by atoms with E-state index < -0.39 is 98.6 Å². The predicted octanol–water partition coefficient (Wildman–Crippen LogP) is -5.81. The molecule has 3 aliphatic heterocycles. The van der Waals surface area contributed by atoms with Gasteiger partial charge in [-0.1, -0.05) is 0 Å². The van der Waals surface area contributed by atoms with Crippen LogP contribution in [0.5, 0.6) is 0 Å². The molecular formula is C17H28O15. The lowest BCUT2D eigenvalue weighted by atomic mass is 9.98. The largest absolute Gasteiger partial charge is 0.479 e. The Balaban J connectivity index is 1.64. The molecule has 3 saturated heterocycles. The van der Waals surface area contributed by atoms with E-state index in [9.17, 15) is 50.8 Å². The molecule has 0 aromatic heterocycles. The summed E-state index contributed by atoms with van der Waals surface area (Å²) in [6, 6.07) is 0. The minimum atomic E-state index is -2.00. The second-order valence-corrected chi connectivity index (χ2v) is 7.91. The maximum atomic E-state index is 11.4. The Morgan fingerprint density at radius 2 is 1.38 bits per heavy atom. The number of ether oxygens (including phenoxy) is 5. The van der Waals surface area contributed by atoms with Gasteiger partial charge in [-0.2, -0.15) is 0 Å². The fourth-order valence-corrected chi connectivity index (χ4v) is 3.66. The van der Waals surface area contributed by atoms with Crippen molar-refractivity contribution in [1.29, 1.82) is 0 Å². The third kappa shape index (κ3) is 4.90. The molecule has 15 nitrogen and oxygen atoms in total. The lowest BCUT2D eigenvalue weighted by molar-refractivity contribution is -0.358. The highest BCUT2D eigenvalue weighted by atomic mass is 16.7. The van der Waals surface area contributed by atoms with Crippen molar-refractivity contribution in [2.24, 2.45) is 0 Å². The maximum absolute atomic E-state index is 11.4. The van der Waals surface area contributed by atoms with Gasteiger partial charge in [-0.3, -0.25) is 0 Å². The first kappa shape index (κ1) is 25.6. The van der Waals surface area contributed by atoms with Gasteiger partial charge in [0.1, 0.15) is 54.9 Å². The monoisotopic (exact) mass is 472 g/mol. The van der Waals surface area contributed by atoms with Crippen LogP contribution in [-0.4, -0.2) is 145 Å². The van der Waals surface area contributed by atoms with Crippen LogP contribution in [0.2, 0.25) is 0 Å². The van der Waals surface area contributed by atoms with Crippen molar-refractivity contribution < 1.29 is 74.4 Å². The number of rotatable bonds is 5. The molecule has 0 saturated carbocycles. The Kier molecular flexibility index (Phi) is 8.04. The molecule has 3 fully saturated rings. The molecule has 0 bridgehead atoms. The minimum Gasteiger partial charge on any atom is -0.479 e. The number of carbonyl (C=O) groups is 1. The Bertz CT molecular complexity index is 649. The molecule has 0 amide bonds. The lowest BCUT2D eigenvalue weighted by Gasteiger charge is -2.45. The number of hydrogen-bond acceptors (Lipinski definition) is 14. The van der Waals surface area contributed by atoms with Gasteiger partial charge in [0.15, 0.2) is 25.0 Å². The van der Waals surface area contributed by atoms with Crippen LogP contribution in [0, 0.1) is 0 Å². The molecule has 0 aliphatic carbocycles. The van der Waals surface area contributed by atoms with Crippen molar-refractivity contribution in [1.82, 2.24) is 0 Å². The van der Waals surface area contributed by atoms with Gasteiger partial charge >= 0.3 is 5.97 Å². The third-order valence-corrected chi connectivity index (χ3v) is 5.65. The van der Waals surface area contributed by atoms with Gasteiger partial charge in [0.05, 0.1) is 12.7 Å². The second kappa shape index (κ2) is 10.1. The van der Waals surface area contributed by atoms with Crippen LogP contribution >= 0.6 is 0 Å². The number of carboxylic acid groups (broad SMARTS) is 1. The average Bonchev–Trinajstić information content (AvgIpc) is 2.75. The molecule has 0 aromatic rings. The normalized spacial score (nSPS) is 52.5. The Hall–Kier alpha value is -1.05. The number of aliphatic hydroxyl groups excluding tert-OH is 8. The highest BCUT2D eigenvalue weighted by Gasteiger charge is 2.52. The Labute approximate surface area is 180 Å². The van der Waals surface area contributed by atoms with E-state index in [0.717, 1.165) is 0 Å². The summed E-state index contributed by atoms with van der Waals surface area (Å²) < 4.78 is 25.9. The fraction of sp³-hybridized carbons (Fsp3) is 0.941. The summed E-state index contributed by atoms with van der Waals surface area (Å²) >= 11 is 0. The van der Waals surface area contributed by atoms with Gasteiger partial charge in [0, 0.05) is 0 Å². The standard InChI is InChI=1S/C17H28O15/c1-3-5(18)7(20)11(24)17(29-3)30-4-2-28-16(10(23)6(4)19)32-12-8(21)9(22)15(27)31-13(12)14(25)26/h3-13,15-24,27H,2H2,1H3,(H,25,26)/t3-,4+,5-,6-,7+,8+,9+,10+,11+,12-,13-,15+,16-,17-/m0/s1. The van der Waals surface area contributed by atoms with Crippen LogP contribution in [0.25, 0.3) is 0 Å². The van der Waals surface area contributed by atoms with Crippen LogP contribution in [0.3, 0.4) is 0 Å². The van der Waals surface area contributed by atoms with Crippen molar-refractivity contribution in [2.75, 3.05) is 6.61 Å². The zero-order valence-corrected chi connectivity index (χ0v) is 16.8. The number of carboxylic acids is 1. The molecule has 0 spiro atoms. The minimum absolute atomic E-state index is 0.463. The van der Waals surface area contributed by atoms with Crippen LogP contribution in [0.1, 0.15) is 6.92 Å². The van der Waals surface area contributed by atoms with E-state index in [-0.39, 0.29) is 0 Å². The topological polar surface area (TPSA) is 245 Å². The van der Waals surface area contributed by atoms with Crippen LogP contribution in [-0.2, 0) is 28.5 Å². The Morgan fingerprint density at radius 3 is 2.00 bits per heavy atom. The second-order valence-electron chi connectivity index (χ2n) is 7.91. The molecule has 0 unspecified atom stereocenters. The highest BCUT2D eigenvalue weighted by molar-refractivity contribution is 5.73. The molecule has 32 heavy (non-hydrogen) atoms. The summed E-state index contributed by atoms with van der Waals surface area (Å²) in [5.74, 6) is -1.63. The van der Waals surface area contributed by atoms with Gasteiger partial charge in [0.2, 0.25) is 0 Å². The van der Waals surface area contributed by atoms with Crippen LogP contribution in [0.4, 0.5) is 0 Å². The van der Waals surface area contributed by atoms with E-state index >= 15 is 0 Å². The van der Waals surface area contributed by atoms with Gasteiger partial charge in [-0.25, -0.2) is 4.79 Å². The smallest absolute Gasteiger partial charge is 0.335 e. The summed E-state index contributed by atoms with van der Waals surface area (Å²) in [7, 11) is 0. The first-order valence-electron chi connectivity index (χ1n) is 9.84. The molecule has 0 radical (unpaired) electrons. The van der Waals surface area contributed by atoms with E-state index in [1.807, 2.05) is 0 Å². The molecule has 3 heterocycles. The zero-order chi connectivity index (χ0) is 23.9. The summed E-state index contributed by atoms with van der Waals surface area (Å²) in [4.78, 5) is 11.4. The molecule has 0 aromatic carbocycles. The number of aliphatic hydroxyl groups is 8. The van der Waals surface area contributed by atoms with Crippen molar-refractivity contribution >= 4 is 5.97 Å². The van der Waals surface area contributed by atoms with E-state index in [0.29, 0.717) is 0 Å². The van der Waals surface area contributed by atoms with Gasteiger partial charge in [-0.05, 0) is 6.92 Å². The first-order valence-corrected chi connectivity index (χ1v) is 9.84. The average molecular weight is 472 g/mol. The molecular weight excluding hydrogens is 444 g/mol. The summed E-state index contributed by atoms with van der Waals surface area (Å²) in [6.07, 6.45) is -23.1. The van der Waals surface area contributed by atoms with Gasteiger partial charge in [-0.15, -0.1) is 0 Å². The van der Waals surface area contributed by atoms with Crippen LogP contribution < -0.4 is 0 Å². The summed E-state index contributed by atoms with van der Waals surface area (Å²) in [5, 5.41) is 88.9. The van der Waals surface area contributed by atoms with E-state index in [4.69, 9.17) is 23.7 Å². The van der Waals surface area contributed by atoms with Crippen molar-refractivity contribution in [3.05, 3.63) is 0 Å². The lowest BCUT2D eigenvalue weighted by Crippen LogP contribution is -2.64. The fourth-order valence-electron chi connectivity index (χ4n) is 3.66. The zero-order valence-electron chi connectivity index (χ0n) is 16.8. The Morgan fingerprint density at radius 1 is 0.750 bits per heavy atom. The number of aliphatic carboxylic acids is 1. The van der Waals surface area contributed by atoms with Crippen molar-refractivity contribution in [2.45, 2.75) is 92.9 Å². The van der Waals surface area contributed by atoms with E-state index in [2.05, 4.69) is 0 Å². The quantitative estimate of drug-likeness (QED) is 0.181. The predicted molar refractivity (Wildman–Crippen MR) is 94.4 cm³/mol. The first-order chi connectivity index (χ1) is 14.9. The molecule has 14 atom stereocenters. The van der Waals surface area contributed by atoms with Gasteiger partial charge in [0.25, 0.3) is 0 Å². The SMILES string of the molecule is C[C@@H]1O[C@@H](O[C@@H]2CO[C@@H](O[C@H]3[C@H](O)[C@@H](O)[C@H](O)O[C@@H]3C(=O)O)[C@H](O)[C@H]2O)[C@H](O)[C@H](O)[C@H]1O.